The number of fused-ring (bicyclic) bond motifs is 1. The van der Waals surface area contributed by atoms with Gasteiger partial charge >= 0.3 is 12.0 Å². The third kappa shape index (κ3) is 3.24. The number of urea groups is 1. The maximum atomic E-state index is 12.4. The Morgan fingerprint density at radius 1 is 1.38 bits per heavy atom. The van der Waals surface area contributed by atoms with Gasteiger partial charge in [-0.05, 0) is 25.0 Å². The Bertz CT molecular complexity index is 566. The summed E-state index contributed by atoms with van der Waals surface area (Å²) in [6.07, 6.45) is 3.83. The Balaban J connectivity index is 2.25. The lowest BCUT2D eigenvalue weighted by Gasteiger charge is -2.26. The van der Waals surface area contributed by atoms with Crippen LogP contribution in [0.5, 0.6) is 0 Å². The number of anilines is 1. The third-order valence-corrected chi connectivity index (χ3v) is 3.34. The van der Waals surface area contributed by atoms with Crippen LogP contribution < -0.4 is 4.90 Å². The number of amides is 2. The average molecular weight is 288 g/mol. The van der Waals surface area contributed by atoms with Gasteiger partial charge in [-0.3, -0.25) is 4.90 Å². The average Bonchev–Trinajstić information content (AvgIpc) is 2.82. The number of hydrogen-bond donors (Lipinski definition) is 0. The van der Waals surface area contributed by atoms with Crippen LogP contribution in [0.15, 0.2) is 36.4 Å². The number of nitrogens with zero attached hydrogens (tertiary/aromatic N) is 2. The van der Waals surface area contributed by atoms with E-state index in [1.165, 1.54) is 11.0 Å². The van der Waals surface area contributed by atoms with E-state index in [9.17, 15) is 9.59 Å². The second-order valence-electron chi connectivity index (χ2n) is 5.06. The number of hydrogen-bond acceptors (Lipinski definition) is 3. The maximum absolute atomic E-state index is 12.4. The van der Waals surface area contributed by atoms with Crippen molar-refractivity contribution in [3.63, 3.8) is 0 Å². The molecule has 1 heterocycles. The zero-order valence-corrected chi connectivity index (χ0v) is 12.6. The highest BCUT2D eigenvalue weighted by Gasteiger charge is 2.32. The first-order valence-corrected chi connectivity index (χ1v) is 6.98. The molecule has 1 atom stereocenters. The lowest BCUT2D eigenvalue weighted by Crippen LogP contribution is -2.43. The predicted octanol–water partition coefficient (Wildman–Crippen LogP) is 2.22. The van der Waals surface area contributed by atoms with E-state index in [1.807, 2.05) is 24.3 Å². The summed E-state index contributed by atoms with van der Waals surface area (Å²) in [5, 5.41) is 0. The van der Waals surface area contributed by atoms with Gasteiger partial charge in [0.05, 0.1) is 12.6 Å². The summed E-state index contributed by atoms with van der Waals surface area (Å²) in [5.41, 5.74) is 2.00. The van der Waals surface area contributed by atoms with E-state index < -0.39 is 0 Å². The Morgan fingerprint density at radius 2 is 2.10 bits per heavy atom. The van der Waals surface area contributed by atoms with Crippen molar-refractivity contribution in [1.82, 2.24) is 4.90 Å². The molecule has 5 heteroatoms. The number of carbonyl (C=O) groups is 2. The quantitative estimate of drug-likeness (QED) is 0.633. The van der Waals surface area contributed by atoms with E-state index in [2.05, 4.69) is 0 Å². The van der Waals surface area contributed by atoms with Crippen molar-refractivity contribution in [2.24, 2.45) is 0 Å². The van der Waals surface area contributed by atoms with Crippen molar-refractivity contribution in [2.45, 2.75) is 19.4 Å². The molecule has 2 rings (SSSR count). The van der Waals surface area contributed by atoms with Crippen molar-refractivity contribution >= 4 is 17.7 Å². The van der Waals surface area contributed by atoms with Gasteiger partial charge in [0.25, 0.3) is 0 Å². The molecule has 0 fully saturated rings. The van der Waals surface area contributed by atoms with Gasteiger partial charge in [-0.2, -0.15) is 0 Å². The molecule has 0 aromatic heterocycles. The number of carbonyl (C=O) groups excluding carboxylic acids is 2. The highest BCUT2D eigenvalue weighted by Crippen LogP contribution is 2.33. The standard InChI is InChI=1S/C16H20N2O3/c1-4-21-15(19)10-9-13-11-12-7-5-6-8-14(12)18(13)16(20)17(2)3/h5-10,13H,4,11H2,1-3H3/b10-9+. The summed E-state index contributed by atoms with van der Waals surface area (Å²) in [6, 6.07) is 7.53. The summed E-state index contributed by atoms with van der Waals surface area (Å²) in [6.45, 7) is 2.10. The molecule has 1 unspecified atom stereocenters. The van der Waals surface area contributed by atoms with Crippen molar-refractivity contribution in [3.05, 3.63) is 42.0 Å². The largest absolute Gasteiger partial charge is 0.463 e. The highest BCUT2D eigenvalue weighted by molar-refractivity contribution is 5.95. The van der Waals surface area contributed by atoms with E-state index in [0.717, 1.165) is 11.3 Å². The number of ether oxygens (including phenoxy) is 1. The Morgan fingerprint density at radius 3 is 2.76 bits per heavy atom. The van der Waals surface area contributed by atoms with E-state index in [1.54, 1.807) is 32.0 Å². The van der Waals surface area contributed by atoms with Gasteiger partial charge in [0.1, 0.15) is 0 Å². The molecule has 1 aliphatic heterocycles. The maximum Gasteiger partial charge on any atom is 0.330 e. The zero-order chi connectivity index (χ0) is 15.4. The van der Waals surface area contributed by atoms with Gasteiger partial charge in [-0.1, -0.05) is 24.3 Å². The number of para-hydroxylation sites is 1. The van der Waals surface area contributed by atoms with Crippen molar-refractivity contribution in [1.29, 1.82) is 0 Å². The van der Waals surface area contributed by atoms with Crippen LogP contribution in [0.25, 0.3) is 0 Å². The normalized spacial score (nSPS) is 16.9. The molecule has 0 saturated heterocycles. The molecule has 0 spiro atoms. The summed E-state index contributed by atoms with van der Waals surface area (Å²) >= 11 is 0. The van der Waals surface area contributed by atoms with Gasteiger partial charge in [0.15, 0.2) is 0 Å². The Labute approximate surface area is 124 Å². The summed E-state index contributed by atoms with van der Waals surface area (Å²) in [7, 11) is 3.44. The van der Waals surface area contributed by atoms with Gasteiger partial charge in [-0.25, -0.2) is 9.59 Å². The van der Waals surface area contributed by atoms with E-state index in [0.29, 0.717) is 13.0 Å². The van der Waals surface area contributed by atoms with Crippen LogP contribution in [-0.2, 0) is 16.0 Å². The van der Waals surface area contributed by atoms with E-state index in [-0.39, 0.29) is 18.0 Å². The number of rotatable bonds is 3. The van der Waals surface area contributed by atoms with Gasteiger partial charge in [0.2, 0.25) is 0 Å². The van der Waals surface area contributed by atoms with Gasteiger partial charge in [-0.15, -0.1) is 0 Å². The van der Waals surface area contributed by atoms with Crippen LogP contribution in [0.4, 0.5) is 10.5 Å². The molecule has 1 aromatic carbocycles. The molecule has 0 N–H and O–H groups in total. The molecule has 112 valence electrons. The fraction of sp³-hybridized carbons (Fsp3) is 0.375. The minimum atomic E-state index is -0.384. The Hall–Kier alpha value is -2.30. The predicted molar refractivity (Wildman–Crippen MR) is 81.3 cm³/mol. The van der Waals surface area contributed by atoms with Crippen LogP contribution in [0.1, 0.15) is 12.5 Å². The van der Waals surface area contributed by atoms with Gasteiger partial charge < -0.3 is 9.64 Å². The first-order valence-electron chi connectivity index (χ1n) is 6.98. The fourth-order valence-electron chi connectivity index (χ4n) is 2.41. The lowest BCUT2D eigenvalue weighted by atomic mass is 10.1. The zero-order valence-electron chi connectivity index (χ0n) is 12.6. The number of esters is 1. The molecular formula is C16H20N2O3. The second-order valence-corrected chi connectivity index (χ2v) is 5.06. The Kier molecular flexibility index (Phi) is 4.62. The smallest absolute Gasteiger partial charge is 0.330 e. The fourth-order valence-corrected chi connectivity index (χ4v) is 2.41. The summed E-state index contributed by atoms with van der Waals surface area (Å²) in [4.78, 5) is 27.1. The van der Waals surface area contributed by atoms with Crippen LogP contribution >= 0.6 is 0 Å². The minimum Gasteiger partial charge on any atom is -0.463 e. The van der Waals surface area contributed by atoms with Crippen LogP contribution in [0.2, 0.25) is 0 Å². The van der Waals surface area contributed by atoms with Gasteiger partial charge in [0, 0.05) is 25.9 Å². The van der Waals surface area contributed by atoms with Crippen molar-refractivity contribution < 1.29 is 14.3 Å². The SMILES string of the molecule is CCOC(=O)/C=C/C1Cc2ccccc2N1C(=O)N(C)C. The topological polar surface area (TPSA) is 49.9 Å². The molecule has 1 aliphatic rings. The molecule has 0 aliphatic carbocycles. The molecule has 0 radical (unpaired) electrons. The second kappa shape index (κ2) is 6.43. The molecule has 21 heavy (non-hydrogen) atoms. The van der Waals surface area contributed by atoms with E-state index >= 15 is 0 Å². The van der Waals surface area contributed by atoms with Crippen molar-refractivity contribution in [2.75, 3.05) is 25.6 Å². The summed E-state index contributed by atoms with van der Waals surface area (Å²) < 4.78 is 4.88. The van der Waals surface area contributed by atoms with Crippen LogP contribution in [-0.4, -0.2) is 43.6 Å². The molecule has 0 bridgehead atoms. The first kappa shape index (κ1) is 15.1. The molecule has 0 saturated carbocycles. The molecular weight excluding hydrogens is 268 g/mol. The number of benzene rings is 1. The minimum absolute atomic E-state index is 0.0986. The molecule has 1 aromatic rings. The van der Waals surface area contributed by atoms with Crippen LogP contribution in [0, 0.1) is 0 Å². The first-order chi connectivity index (χ1) is 10.0. The monoisotopic (exact) mass is 288 g/mol. The van der Waals surface area contributed by atoms with Crippen LogP contribution in [0.3, 0.4) is 0 Å². The molecule has 5 nitrogen and oxygen atoms in total. The van der Waals surface area contributed by atoms with E-state index in [4.69, 9.17) is 4.74 Å². The lowest BCUT2D eigenvalue weighted by molar-refractivity contribution is -0.137. The molecule has 2 amide bonds. The highest BCUT2D eigenvalue weighted by atomic mass is 16.5. The van der Waals surface area contributed by atoms with Crippen molar-refractivity contribution in [3.8, 4) is 0 Å². The summed E-state index contributed by atoms with van der Waals surface area (Å²) in [5.74, 6) is -0.384. The third-order valence-electron chi connectivity index (χ3n) is 3.34.